The van der Waals surface area contributed by atoms with Gasteiger partial charge in [-0.1, -0.05) is 11.6 Å². The number of nitrogens with zero attached hydrogens (tertiary/aromatic N) is 2. The summed E-state index contributed by atoms with van der Waals surface area (Å²) in [7, 11) is 0. The van der Waals surface area contributed by atoms with Crippen LogP contribution in [0.5, 0.6) is 0 Å². The maximum absolute atomic E-state index is 6.21. The van der Waals surface area contributed by atoms with Gasteiger partial charge in [0.2, 0.25) is 0 Å². The van der Waals surface area contributed by atoms with Crippen LogP contribution in [-0.4, -0.2) is 59.6 Å². The zero-order valence-electron chi connectivity index (χ0n) is 15.7. The van der Waals surface area contributed by atoms with E-state index in [4.69, 9.17) is 11.6 Å². The van der Waals surface area contributed by atoms with Crippen LogP contribution >= 0.6 is 24.0 Å². The quantitative estimate of drug-likeness (QED) is 0.826. The van der Waals surface area contributed by atoms with E-state index >= 15 is 0 Å². The van der Waals surface area contributed by atoms with Crippen LogP contribution < -0.4 is 5.32 Å². The Labute approximate surface area is 167 Å². The van der Waals surface area contributed by atoms with Crippen LogP contribution in [0.25, 0.3) is 10.9 Å². The van der Waals surface area contributed by atoms with E-state index in [0.29, 0.717) is 12.1 Å². The van der Waals surface area contributed by atoms with Gasteiger partial charge in [0.1, 0.15) is 0 Å². The molecule has 0 radical (unpaired) electrons. The molecule has 0 bridgehead atoms. The van der Waals surface area contributed by atoms with Gasteiger partial charge in [-0.05, 0) is 57.1 Å². The second-order valence-corrected chi connectivity index (χ2v) is 8.32. The summed E-state index contributed by atoms with van der Waals surface area (Å²) < 4.78 is 0. The van der Waals surface area contributed by atoms with Crippen molar-refractivity contribution in [1.29, 1.82) is 0 Å². The molecule has 0 saturated carbocycles. The summed E-state index contributed by atoms with van der Waals surface area (Å²) in [6.45, 7) is 11.5. The normalized spacial score (nSPS) is 24.4. The van der Waals surface area contributed by atoms with Crippen molar-refractivity contribution in [3.8, 4) is 0 Å². The second-order valence-electron chi connectivity index (χ2n) is 7.88. The number of hydrogen-bond acceptors (Lipinski definition) is 3. The highest BCUT2D eigenvalue weighted by Crippen LogP contribution is 2.29. The number of fused-ring (bicyclic) bond motifs is 3. The van der Waals surface area contributed by atoms with Gasteiger partial charge in [0.25, 0.3) is 0 Å². The highest BCUT2D eigenvalue weighted by Gasteiger charge is 2.22. The van der Waals surface area contributed by atoms with Crippen molar-refractivity contribution in [2.24, 2.45) is 0 Å². The molecule has 2 aromatic rings. The van der Waals surface area contributed by atoms with Crippen molar-refractivity contribution in [3.05, 3.63) is 34.5 Å². The van der Waals surface area contributed by atoms with E-state index in [-0.39, 0.29) is 12.4 Å². The van der Waals surface area contributed by atoms with E-state index in [1.165, 1.54) is 54.8 Å². The highest BCUT2D eigenvalue weighted by molar-refractivity contribution is 6.31. The van der Waals surface area contributed by atoms with Crippen LogP contribution in [0, 0.1) is 0 Å². The van der Waals surface area contributed by atoms with Crippen molar-refractivity contribution < 1.29 is 0 Å². The number of halogens is 2. The summed E-state index contributed by atoms with van der Waals surface area (Å²) in [6, 6.07) is 7.40. The largest absolute Gasteiger partial charge is 0.358 e. The van der Waals surface area contributed by atoms with Gasteiger partial charge in [0.15, 0.2) is 0 Å². The number of aromatic nitrogens is 1. The Morgan fingerprint density at radius 1 is 1.12 bits per heavy atom. The predicted molar refractivity (Wildman–Crippen MR) is 113 cm³/mol. The van der Waals surface area contributed by atoms with Gasteiger partial charge in [0, 0.05) is 66.3 Å². The first-order chi connectivity index (χ1) is 12.1. The fourth-order valence-corrected chi connectivity index (χ4v) is 4.75. The minimum absolute atomic E-state index is 0. The van der Waals surface area contributed by atoms with Crippen LogP contribution in [0.2, 0.25) is 5.02 Å². The first kappa shape index (κ1) is 20.0. The number of rotatable bonds is 4. The zero-order valence-corrected chi connectivity index (χ0v) is 17.3. The fraction of sp³-hybridized carbons (Fsp3) is 0.600. The van der Waals surface area contributed by atoms with Crippen LogP contribution in [-0.2, 0) is 13.0 Å². The molecule has 144 valence electrons. The Balaban J connectivity index is 0.00000196. The van der Waals surface area contributed by atoms with Crippen LogP contribution in [0.4, 0.5) is 0 Å². The van der Waals surface area contributed by atoms with Crippen molar-refractivity contribution in [2.75, 3.05) is 32.7 Å². The van der Waals surface area contributed by atoms with Gasteiger partial charge >= 0.3 is 0 Å². The third kappa shape index (κ3) is 4.37. The molecule has 2 atom stereocenters. The molecular weight excluding hydrogens is 367 g/mol. The van der Waals surface area contributed by atoms with Crippen molar-refractivity contribution in [2.45, 2.75) is 45.3 Å². The van der Waals surface area contributed by atoms with Gasteiger partial charge < -0.3 is 15.2 Å². The number of hydrogen-bond donors (Lipinski definition) is 2. The SMILES string of the molecule is CC1CN(CCCN2CCc3[nH]c4ccc(Cl)cc4c3C2)CC(C)N1.Cl. The lowest BCUT2D eigenvalue weighted by molar-refractivity contribution is 0.159. The summed E-state index contributed by atoms with van der Waals surface area (Å²) in [6.07, 6.45) is 2.36. The van der Waals surface area contributed by atoms with E-state index in [1.807, 2.05) is 6.07 Å². The van der Waals surface area contributed by atoms with E-state index < -0.39 is 0 Å². The first-order valence-corrected chi connectivity index (χ1v) is 9.96. The standard InChI is InChI=1S/C20H29ClN4.ClH/c1-14-11-25(12-15(2)22-14)8-3-7-24-9-6-20-18(13-24)17-10-16(21)4-5-19(17)23-20;/h4-5,10,14-15,22-23H,3,6-9,11-13H2,1-2H3;1H. The maximum atomic E-state index is 6.21. The van der Waals surface area contributed by atoms with Gasteiger partial charge in [-0.25, -0.2) is 0 Å². The molecule has 1 saturated heterocycles. The minimum Gasteiger partial charge on any atom is -0.358 e. The molecule has 1 aromatic heterocycles. The van der Waals surface area contributed by atoms with Crippen molar-refractivity contribution in [3.63, 3.8) is 0 Å². The van der Waals surface area contributed by atoms with Crippen LogP contribution in [0.3, 0.4) is 0 Å². The molecule has 2 aliphatic heterocycles. The van der Waals surface area contributed by atoms with E-state index in [0.717, 1.165) is 24.5 Å². The summed E-state index contributed by atoms with van der Waals surface area (Å²) in [5.74, 6) is 0. The second kappa shape index (κ2) is 8.49. The van der Waals surface area contributed by atoms with Crippen LogP contribution in [0.1, 0.15) is 31.5 Å². The molecule has 0 aliphatic carbocycles. The molecule has 2 N–H and O–H groups in total. The van der Waals surface area contributed by atoms with Crippen LogP contribution in [0.15, 0.2) is 18.2 Å². The van der Waals surface area contributed by atoms with Crippen molar-refractivity contribution in [1.82, 2.24) is 20.1 Å². The lowest BCUT2D eigenvalue weighted by Gasteiger charge is -2.36. The summed E-state index contributed by atoms with van der Waals surface area (Å²) in [5, 5.41) is 5.74. The average molecular weight is 397 g/mol. The molecule has 0 spiro atoms. The molecule has 26 heavy (non-hydrogen) atoms. The molecular formula is C20H30Cl2N4. The highest BCUT2D eigenvalue weighted by atomic mass is 35.5. The summed E-state index contributed by atoms with van der Waals surface area (Å²) in [4.78, 5) is 8.80. The third-order valence-corrected chi connectivity index (χ3v) is 5.83. The lowest BCUT2D eigenvalue weighted by Crippen LogP contribution is -2.54. The Morgan fingerprint density at radius 2 is 1.85 bits per heavy atom. The summed E-state index contributed by atoms with van der Waals surface area (Å²) in [5.41, 5.74) is 4.08. The molecule has 3 heterocycles. The minimum atomic E-state index is 0. The van der Waals surface area contributed by atoms with E-state index in [9.17, 15) is 0 Å². The first-order valence-electron chi connectivity index (χ1n) is 9.58. The zero-order chi connectivity index (χ0) is 17.4. The monoisotopic (exact) mass is 396 g/mol. The molecule has 0 amide bonds. The Kier molecular flexibility index (Phi) is 6.52. The Hall–Kier alpha value is -0.780. The Bertz CT molecular complexity index is 735. The number of nitrogens with one attached hydrogen (secondary N) is 2. The smallest absolute Gasteiger partial charge is 0.0460 e. The Morgan fingerprint density at radius 3 is 2.62 bits per heavy atom. The topological polar surface area (TPSA) is 34.3 Å². The predicted octanol–water partition coefficient (Wildman–Crippen LogP) is 3.67. The number of benzene rings is 1. The third-order valence-electron chi connectivity index (χ3n) is 5.60. The van der Waals surface area contributed by atoms with Gasteiger partial charge in [-0.15, -0.1) is 12.4 Å². The maximum Gasteiger partial charge on any atom is 0.0460 e. The average Bonchev–Trinajstić information content (AvgIpc) is 2.91. The molecule has 1 fully saturated rings. The molecule has 6 heteroatoms. The molecule has 4 rings (SSSR count). The van der Waals surface area contributed by atoms with Gasteiger partial charge in [-0.2, -0.15) is 0 Å². The lowest BCUT2D eigenvalue weighted by atomic mass is 10.0. The summed E-state index contributed by atoms with van der Waals surface area (Å²) >= 11 is 6.21. The molecule has 2 aliphatic rings. The number of aromatic amines is 1. The molecule has 4 nitrogen and oxygen atoms in total. The van der Waals surface area contributed by atoms with Crippen molar-refractivity contribution >= 4 is 34.9 Å². The number of piperazine rings is 1. The van der Waals surface area contributed by atoms with E-state index in [2.05, 4.69) is 46.1 Å². The molecule has 1 aromatic carbocycles. The van der Waals surface area contributed by atoms with Gasteiger partial charge in [-0.3, -0.25) is 4.90 Å². The van der Waals surface area contributed by atoms with E-state index in [1.54, 1.807) is 0 Å². The number of H-pyrrole nitrogens is 1. The van der Waals surface area contributed by atoms with Gasteiger partial charge in [0.05, 0.1) is 0 Å². The fourth-order valence-electron chi connectivity index (χ4n) is 4.57. The molecule has 2 unspecified atom stereocenters.